The summed E-state index contributed by atoms with van der Waals surface area (Å²) in [7, 11) is 0. The predicted octanol–water partition coefficient (Wildman–Crippen LogP) is 1.29. The molecule has 0 aromatic rings. The van der Waals surface area contributed by atoms with Crippen LogP contribution in [0.1, 0.15) is 20.3 Å². The van der Waals surface area contributed by atoms with Crippen LogP contribution < -0.4 is 5.73 Å². The fraction of sp³-hybridized carbons (Fsp3) is 0.500. The van der Waals surface area contributed by atoms with Crippen molar-refractivity contribution in [1.82, 2.24) is 0 Å². The Morgan fingerprint density at radius 3 is 2.38 bits per heavy atom. The van der Waals surface area contributed by atoms with E-state index in [2.05, 4.69) is 11.6 Å². The van der Waals surface area contributed by atoms with Crippen LogP contribution in [0.5, 0.6) is 0 Å². The van der Waals surface area contributed by atoms with Gasteiger partial charge in [-0.3, -0.25) is 0 Å². The Balaban J connectivity index is 3.75. The quantitative estimate of drug-likeness (QED) is 0.537. The zero-order chi connectivity index (χ0) is 6.57. The topological polar surface area (TPSA) is 38.4 Å². The van der Waals surface area contributed by atoms with Gasteiger partial charge in [-0.1, -0.05) is 13.5 Å². The van der Waals surface area contributed by atoms with Gasteiger partial charge in [0.05, 0.1) is 0 Å². The maximum Gasteiger partial charge on any atom is 0.115 e. The van der Waals surface area contributed by atoms with Crippen molar-refractivity contribution < 1.29 is 0 Å². The van der Waals surface area contributed by atoms with Crippen molar-refractivity contribution in [2.24, 2.45) is 10.7 Å². The van der Waals surface area contributed by atoms with Gasteiger partial charge in [-0.05, 0) is 13.3 Å². The molecule has 0 heterocycles. The van der Waals surface area contributed by atoms with Gasteiger partial charge in [-0.25, -0.2) is 4.99 Å². The summed E-state index contributed by atoms with van der Waals surface area (Å²) in [6.07, 6.45) is 0.941. The Labute approximate surface area is 50.1 Å². The third kappa shape index (κ3) is 3.40. The minimum atomic E-state index is 0.393. The van der Waals surface area contributed by atoms with Gasteiger partial charge < -0.3 is 5.73 Å². The lowest BCUT2D eigenvalue weighted by Crippen LogP contribution is -1.95. The molecule has 0 aliphatic rings. The minimum absolute atomic E-state index is 0.393. The molecule has 0 bridgehead atoms. The van der Waals surface area contributed by atoms with Crippen LogP contribution in [0.3, 0.4) is 0 Å². The van der Waals surface area contributed by atoms with Gasteiger partial charge in [0.15, 0.2) is 0 Å². The van der Waals surface area contributed by atoms with Crippen molar-refractivity contribution in [2.75, 3.05) is 0 Å². The molecule has 0 aliphatic carbocycles. The molecule has 0 aliphatic heterocycles. The van der Waals surface area contributed by atoms with Crippen LogP contribution in [0.2, 0.25) is 0 Å². The molecule has 0 amide bonds. The van der Waals surface area contributed by atoms with E-state index in [1.54, 1.807) is 0 Å². The summed E-state index contributed by atoms with van der Waals surface area (Å²) in [5.41, 5.74) is 6.21. The fourth-order valence-corrected chi connectivity index (χ4v) is 0.324. The predicted molar refractivity (Wildman–Crippen MR) is 36.7 cm³/mol. The van der Waals surface area contributed by atoms with E-state index in [-0.39, 0.29) is 0 Å². The van der Waals surface area contributed by atoms with Crippen LogP contribution in [0.25, 0.3) is 0 Å². The zero-order valence-corrected chi connectivity index (χ0v) is 5.44. The van der Waals surface area contributed by atoms with Crippen LogP contribution >= 0.6 is 0 Å². The highest BCUT2D eigenvalue weighted by molar-refractivity contribution is 5.82. The Morgan fingerprint density at radius 1 is 1.75 bits per heavy atom. The summed E-state index contributed by atoms with van der Waals surface area (Å²) in [4.78, 5) is 3.90. The van der Waals surface area contributed by atoms with E-state index in [1.807, 2.05) is 13.8 Å². The monoisotopic (exact) mass is 112 g/mol. The largest absolute Gasteiger partial charge is 0.384 e. The second-order valence-electron chi connectivity index (χ2n) is 1.69. The van der Waals surface area contributed by atoms with Crippen molar-refractivity contribution in [3.63, 3.8) is 0 Å². The summed E-state index contributed by atoms with van der Waals surface area (Å²) in [5, 5.41) is 0. The van der Waals surface area contributed by atoms with E-state index < -0.39 is 0 Å². The Kier molecular flexibility index (Phi) is 2.92. The lowest BCUT2D eigenvalue weighted by atomic mass is 10.3. The molecular formula is C6H12N2. The highest BCUT2D eigenvalue weighted by Gasteiger charge is 1.82. The number of hydrogen-bond acceptors (Lipinski definition) is 2. The first kappa shape index (κ1) is 7.21. The van der Waals surface area contributed by atoms with E-state index >= 15 is 0 Å². The Hall–Kier alpha value is -0.790. The van der Waals surface area contributed by atoms with E-state index in [0.717, 1.165) is 12.1 Å². The molecular weight excluding hydrogens is 100 g/mol. The van der Waals surface area contributed by atoms with Gasteiger partial charge in [0.25, 0.3) is 0 Å². The van der Waals surface area contributed by atoms with Gasteiger partial charge in [0.1, 0.15) is 5.82 Å². The molecule has 8 heavy (non-hydrogen) atoms. The first-order valence-electron chi connectivity index (χ1n) is 2.65. The molecule has 0 fully saturated rings. The normalized spacial score (nSPS) is 11.5. The van der Waals surface area contributed by atoms with Crippen molar-refractivity contribution in [1.29, 1.82) is 0 Å². The number of rotatable bonds is 2. The van der Waals surface area contributed by atoms with Crippen molar-refractivity contribution in [2.45, 2.75) is 20.3 Å². The molecule has 2 nitrogen and oxygen atoms in total. The average Bonchev–Trinajstić information content (AvgIpc) is 1.65. The van der Waals surface area contributed by atoms with Gasteiger partial charge in [-0.2, -0.15) is 0 Å². The SMILES string of the molecule is C=C(N)/N=C(/C)CC. The maximum absolute atomic E-state index is 5.19. The maximum atomic E-state index is 5.19. The summed E-state index contributed by atoms with van der Waals surface area (Å²) >= 11 is 0. The molecule has 2 heteroatoms. The highest BCUT2D eigenvalue weighted by atomic mass is 14.9. The molecule has 2 N–H and O–H groups in total. The van der Waals surface area contributed by atoms with Crippen molar-refractivity contribution in [3.05, 3.63) is 12.4 Å². The van der Waals surface area contributed by atoms with Crippen molar-refractivity contribution >= 4 is 5.71 Å². The fourth-order valence-electron chi connectivity index (χ4n) is 0.324. The molecule has 0 atom stereocenters. The number of aliphatic imine (C=N–C) groups is 1. The van der Waals surface area contributed by atoms with Gasteiger partial charge in [0, 0.05) is 5.71 Å². The number of nitrogens with two attached hydrogens (primary N) is 1. The smallest absolute Gasteiger partial charge is 0.115 e. The Bertz CT molecular complexity index is 114. The van der Waals surface area contributed by atoms with E-state index in [9.17, 15) is 0 Å². The van der Waals surface area contributed by atoms with Crippen LogP contribution in [0.15, 0.2) is 17.4 Å². The molecule has 0 aromatic carbocycles. The molecule has 0 spiro atoms. The van der Waals surface area contributed by atoms with Crippen molar-refractivity contribution in [3.8, 4) is 0 Å². The van der Waals surface area contributed by atoms with Gasteiger partial charge in [-0.15, -0.1) is 0 Å². The zero-order valence-electron chi connectivity index (χ0n) is 5.44. The summed E-state index contributed by atoms with van der Waals surface area (Å²) in [6.45, 7) is 7.39. The number of hydrogen-bond donors (Lipinski definition) is 1. The lowest BCUT2D eigenvalue weighted by Gasteiger charge is -1.91. The molecule has 0 aromatic heterocycles. The minimum Gasteiger partial charge on any atom is -0.384 e. The molecule has 0 saturated carbocycles. The number of nitrogens with zero attached hydrogens (tertiary/aromatic N) is 1. The van der Waals surface area contributed by atoms with E-state index in [4.69, 9.17) is 5.73 Å². The van der Waals surface area contributed by atoms with Crippen LogP contribution in [-0.4, -0.2) is 5.71 Å². The molecule has 0 radical (unpaired) electrons. The average molecular weight is 112 g/mol. The first-order valence-corrected chi connectivity index (χ1v) is 2.65. The molecule has 0 rings (SSSR count). The Morgan fingerprint density at radius 2 is 2.25 bits per heavy atom. The second kappa shape index (κ2) is 3.24. The first-order chi connectivity index (χ1) is 3.66. The molecule has 0 unspecified atom stereocenters. The van der Waals surface area contributed by atoms with E-state index in [1.165, 1.54) is 0 Å². The molecule has 46 valence electrons. The lowest BCUT2D eigenvalue weighted by molar-refractivity contribution is 1.19. The van der Waals surface area contributed by atoms with E-state index in [0.29, 0.717) is 5.82 Å². The van der Waals surface area contributed by atoms with Gasteiger partial charge in [0.2, 0.25) is 0 Å². The summed E-state index contributed by atoms with van der Waals surface area (Å²) in [6, 6.07) is 0. The molecule has 0 saturated heterocycles. The summed E-state index contributed by atoms with van der Waals surface area (Å²) < 4.78 is 0. The summed E-state index contributed by atoms with van der Waals surface area (Å²) in [5.74, 6) is 0.393. The highest BCUT2D eigenvalue weighted by Crippen LogP contribution is 1.87. The standard InChI is InChI=1S/C6H12N2/c1-4-5(2)8-6(3)7/h3-4,7H2,1-2H3/b8-5-. The van der Waals surface area contributed by atoms with Gasteiger partial charge >= 0.3 is 0 Å². The second-order valence-corrected chi connectivity index (χ2v) is 1.69. The van der Waals surface area contributed by atoms with Crippen LogP contribution in [0, 0.1) is 0 Å². The van der Waals surface area contributed by atoms with Crippen LogP contribution in [0.4, 0.5) is 0 Å². The third-order valence-corrected chi connectivity index (χ3v) is 0.846. The third-order valence-electron chi connectivity index (χ3n) is 0.846. The van der Waals surface area contributed by atoms with Crippen LogP contribution in [-0.2, 0) is 0 Å².